The van der Waals surface area contributed by atoms with Gasteiger partial charge in [0.1, 0.15) is 0 Å². The molecule has 0 radical (unpaired) electrons. The summed E-state index contributed by atoms with van der Waals surface area (Å²) in [4.78, 5) is 1.29. The van der Waals surface area contributed by atoms with Crippen LogP contribution in [0.25, 0.3) is 0 Å². The molecule has 2 nitrogen and oxygen atoms in total. The highest BCUT2D eigenvalue weighted by Crippen LogP contribution is 2.21. The third-order valence-corrected chi connectivity index (χ3v) is 3.46. The van der Waals surface area contributed by atoms with Crippen LogP contribution in [0.5, 0.6) is 0 Å². The number of ether oxygens (including phenoxy) is 1. The van der Waals surface area contributed by atoms with Crippen molar-refractivity contribution in [1.82, 2.24) is 0 Å². The van der Waals surface area contributed by atoms with Gasteiger partial charge in [0.2, 0.25) is 0 Å². The molecule has 0 aliphatic carbocycles. The summed E-state index contributed by atoms with van der Waals surface area (Å²) in [5.41, 5.74) is 0. The van der Waals surface area contributed by atoms with Gasteiger partial charge in [0.05, 0.1) is 12.7 Å². The summed E-state index contributed by atoms with van der Waals surface area (Å²) in [7, 11) is 1.60. The van der Waals surface area contributed by atoms with Crippen LogP contribution >= 0.6 is 27.3 Å². The first-order chi connectivity index (χ1) is 6.22. The molecule has 1 aromatic rings. The Labute approximate surface area is 90.7 Å². The smallest absolute Gasteiger partial charge is 0.0777 e. The van der Waals surface area contributed by atoms with Crippen molar-refractivity contribution in [2.75, 3.05) is 13.7 Å². The maximum absolute atomic E-state index is 9.39. The molecule has 0 saturated carbocycles. The van der Waals surface area contributed by atoms with Crippen LogP contribution < -0.4 is 0 Å². The minimum Gasteiger partial charge on any atom is -0.391 e. The summed E-state index contributed by atoms with van der Waals surface area (Å²) < 4.78 is 5.96. The average Bonchev–Trinajstić information content (AvgIpc) is 2.49. The average molecular weight is 265 g/mol. The highest BCUT2D eigenvalue weighted by molar-refractivity contribution is 9.10. The number of thiophene rings is 1. The fourth-order valence-corrected chi connectivity index (χ4v) is 2.54. The van der Waals surface area contributed by atoms with Crippen LogP contribution in [0.1, 0.15) is 11.3 Å². The summed E-state index contributed by atoms with van der Waals surface area (Å²) in [6.45, 7) is 0.423. The molecule has 1 rings (SSSR count). The second-order valence-corrected chi connectivity index (χ2v) is 4.79. The Morgan fingerprint density at radius 3 is 3.00 bits per heavy atom. The molecule has 0 bridgehead atoms. The number of methoxy groups -OCH3 is 1. The first kappa shape index (κ1) is 11.2. The van der Waals surface area contributed by atoms with Gasteiger partial charge in [-0.25, -0.2) is 0 Å². The van der Waals surface area contributed by atoms with Crippen LogP contribution in [0.4, 0.5) is 0 Å². The lowest BCUT2D eigenvalue weighted by Crippen LogP contribution is -2.14. The Morgan fingerprint density at radius 2 is 2.46 bits per heavy atom. The van der Waals surface area contributed by atoms with Gasteiger partial charge in [0.15, 0.2) is 0 Å². The van der Waals surface area contributed by atoms with E-state index in [4.69, 9.17) is 4.74 Å². The highest BCUT2D eigenvalue weighted by atomic mass is 79.9. The molecular formula is C9H13BrO2S. The number of rotatable bonds is 5. The number of hydrogen-bond donors (Lipinski definition) is 1. The van der Waals surface area contributed by atoms with Crippen LogP contribution in [0.3, 0.4) is 0 Å². The van der Waals surface area contributed by atoms with E-state index in [1.54, 1.807) is 18.4 Å². The Balaban J connectivity index is 2.26. The number of aliphatic hydroxyl groups excluding tert-OH is 1. The first-order valence-electron chi connectivity index (χ1n) is 4.12. The largest absolute Gasteiger partial charge is 0.391 e. The summed E-state index contributed by atoms with van der Waals surface area (Å²) >= 11 is 5.10. The Hall–Kier alpha value is 0.1000. The minimum atomic E-state index is -0.342. The van der Waals surface area contributed by atoms with Crippen molar-refractivity contribution < 1.29 is 9.84 Å². The van der Waals surface area contributed by atoms with E-state index in [1.807, 2.05) is 0 Å². The quantitative estimate of drug-likeness (QED) is 0.886. The van der Waals surface area contributed by atoms with E-state index in [0.717, 1.165) is 17.3 Å². The van der Waals surface area contributed by atoms with E-state index in [-0.39, 0.29) is 6.10 Å². The van der Waals surface area contributed by atoms with Crippen LogP contribution in [0, 0.1) is 0 Å². The molecule has 1 atom stereocenters. The van der Waals surface area contributed by atoms with Gasteiger partial charge in [-0.15, -0.1) is 11.3 Å². The normalized spacial score (nSPS) is 13.2. The molecule has 1 aromatic heterocycles. The summed E-state index contributed by atoms with van der Waals surface area (Å²) in [5.74, 6) is 0. The standard InChI is InChI=1S/C9H13BrO2S/c1-12-5-8(11)2-3-9-4-7(10)6-13-9/h4,6,8,11H,2-3,5H2,1H3. The van der Waals surface area contributed by atoms with Gasteiger partial charge < -0.3 is 9.84 Å². The predicted octanol–water partition coefficient (Wildman–Crippen LogP) is 2.45. The molecule has 0 amide bonds. The van der Waals surface area contributed by atoms with Gasteiger partial charge in [0, 0.05) is 21.8 Å². The number of aliphatic hydroxyl groups is 1. The minimum absolute atomic E-state index is 0.342. The SMILES string of the molecule is COCC(O)CCc1cc(Br)cs1. The van der Waals surface area contributed by atoms with Crippen molar-refractivity contribution in [3.8, 4) is 0 Å². The molecule has 0 aromatic carbocycles. The van der Waals surface area contributed by atoms with Crippen LogP contribution in [0.15, 0.2) is 15.9 Å². The lowest BCUT2D eigenvalue weighted by molar-refractivity contribution is 0.0596. The second-order valence-electron chi connectivity index (χ2n) is 2.88. The Morgan fingerprint density at radius 1 is 1.69 bits per heavy atom. The maximum atomic E-state index is 9.39. The fourth-order valence-electron chi connectivity index (χ4n) is 1.07. The number of hydrogen-bond acceptors (Lipinski definition) is 3. The zero-order chi connectivity index (χ0) is 9.68. The van der Waals surface area contributed by atoms with Crippen molar-refractivity contribution in [3.63, 3.8) is 0 Å². The van der Waals surface area contributed by atoms with E-state index in [9.17, 15) is 5.11 Å². The molecule has 74 valence electrons. The van der Waals surface area contributed by atoms with E-state index < -0.39 is 0 Å². The molecule has 0 aliphatic heterocycles. The van der Waals surface area contributed by atoms with E-state index in [2.05, 4.69) is 27.4 Å². The zero-order valence-electron chi connectivity index (χ0n) is 7.50. The molecule has 1 heterocycles. The molecule has 0 aliphatic rings. The summed E-state index contributed by atoms with van der Waals surface area (Å²) in [6.07, 6.45) is 1.34. The van der Waals surface area contributed by atoms with Crippen molar-refractivity contribution in [2.24, 2.45) is 0 Å². The lowest BCUT2D eigenvalue weighted by Gasteiger charge is -2.07. The second kappa shape index (κ2) is 5.75. The third kappa shape index (κ3) is 4.22. The third-order valence-electron chi connectivity index (χ3n) is 1.70. The van der Waals surface area contributed by atoms with E-state index >= 15 is 0 Å². The summed E-state index contributed by atoms with van der Waals surface area (Å²) in [6, 6.07) is 2.09. The molecule has 1 N–H and O–H groups in total. The number of halogens is 1. The lowest BCUT2D eigenvalue weighted by atomic mass is 10.2. The monoisotopic (exact) mass is 264 g/mol. The fraction of sp³-hybridized carbons (Fsp3) is 0.556. The van der Waals surface area contributed by atoms with Crippen LogP contribution in [-0.4, -0.2) is 24.9 Å². The van der Waals surface area contributed by atoms with Crippen LogP contribution in [-0.2, 0) is 11.2 Å². The van der Waals surface area contributed by atoms with E-state index in [1.165, 1.54) is 4.88 Å². The van der Waals surface area contributed by atoms with Crippen molar-refractivity contribution in [3.05, 3.63) is 20.8 Å². The first-order valence-corrected chi connectivity index (χ1v) is 5.79. The van der Waals surface area contributed by atoms with Crippen molar-refractivity contribution in [1.29, 1.82) is 0 Å². The van der Waals surface area contributed by atoms with Crippen LogP contribution in [0.2, 0.25) is 0 Å². The predicted molar refractivity (Wildman–Crippen MR) is 58.2 cm³/mol. The zero-order valence-corrected chi connectivity index (χ0v) is 9.90. The van der Waals surface area contributed by atoms with Gasteiger partial charge in [-0.1, -0.05) is 0 Å². The highest BCUT2D eigenvalue weighted by Gasteiger charge is 2.04. The Kier molecular flexibility index (Phi) is 4.94. The number of aryl methyl sites for hydroxylation is 1. The molecule has 0 spiro atoms. The van der Waals surface area contributed by atoms with Gasteiger partial charge in [-0.3, -0.25) is 0 Å². The van der Waals surface area contributed by atoms with Crippen molar-refractivity contribution >= 4 is 27.3 Å². The molecule has 4 heteroatoms. The molecule has 0 saturated heterocycles. The van der Waals surface area contributed by atoms with Crippen molar-refractivity contribution in [2.45, 2.75) is 18.9 Å². The maximum Gasteiger partial charge on any atom is 0.0777 e. The molecule has 13 heavy (non-hydrogen) atoms. The van der Waals surface area contributed by atoms with Gasteiger partial charge in [-0.05, 0) is 34.8 Å². The summed E-state index contributed by atoms with van der Waals surface area (Å²) in [5, 5.41) is 11.4. The Bertz CT molecular complexity index is 250. The molecule has 1 unspecified atom stereocenters. The van der Waals surface area contributed by atoms with Gasteiger partial charge in [-0.2, -0.15) is 0 Å². The van der Waals surface area contributed by atoms with Gasteiger partial charge >= 0.3 is 0 Å². The van der Waals surface area contributed by atoms with Gasteiger partial charge in [0.25, 0.3) is 0 Å². The molecular weight excluding hydrogens is 252 g/mol. The molecule has 0 fully saturated rings. The topological polar surface area (TPSA) is 29.5 Å². The van der Waals surface area contributed by atoms with E-state index in [0.29, 0.717) is 6.61 Å².